The number of thiophene rings is 2. The Morgan fingerprint density at radius 2 is 0.957 bits per heavy atom. The van der Waals surface area contributed by atoms with Crippen molar-refractivity contribution in [1.29, 1.82) is 0 Å². The summed E-state index contributed by atoms with van der Waals surface area (Å²) in [6.07, 6.45) is 0. The Morgan fingerprint density at radius 1 is 0.326 bits per heavy atom. The summed E-state index contributed by atoms with van der Waals surface area (Å²) in [7, 11) is 0. The third-order valence-corrected chi connectivity index (χ3v) is 11.8. The largest absolute Gasteiger partial charge is 0.227 e. The predicted octanol–water partition coefficient (Wildman–Crippen LogP) is 12.7. The molecule has 0 aliphatic heterocycles. The van der Waals surface area contributed by atoms with E-state index in [1.54, 1.807) is 0 Å². The van der Waals surface area contributed by atoms with E-state index in [4.69, 9.17) is 9.97 Å². The van der Waals surface area contributed by atoms with Crippen molar-refractivity contribution >= 4 is 128 Å². The second-order valence-electron chi connectivity index (χ2n) is 12.1. The fourth-order valence-corrected chi connectivity index (χ4v) is 9.73. The lowest BCUT2D eigenvalue weighted by Crippen LogP contribution is -1.90. The molecule has 0 amide bonds. The molecular formula is C42H22N2S2. The maximum atomic E-state index is 5.57. The Labute approximate surface area is 270 Å². The number of nitrogens with zero attached hydrogens (tertiary/aromatic N) is 2. The highest BCUT2D eigenvalue weighted by Crippen LogP contribution is 2.44. The SMILES string of the molecule is c1cc2cc(c1)c1ccc3sc4cc5ccccc5c(c5nc(c6cccc2c6)c2ccc6sc7ccccc7c6c2n5)c4c3c1. The van der Waals surface area contributed by atoms with Crippen LogP contribution in [-0.4, -0.2) is 9.97 Å². The first kappa shape index (κ1) is 24.8. The van der Waals surface area contributed by atoms with Crippen molar-refractivity contribution in [2.45, 2.75) is 0 Å². The van der Waals surface area contributed by atoms with E-state index in [1.807, 2.05) is 22.7 Å². The van der Waals surface area contributed by atoms with E-state index in [-0.39, 0.29) is 0 Å². The molecule has 212 valence electrons. The van der Waals surface area contributed by atoms with Gasteiger partial charge in [0.05, 0.1) is 11.0 Å². The van der Waals surface area contributed by atoms with E-state index in [2.05, 4.69) is 133 Å². The number of hydrogen-bond donors (Lipinski definition) is 0. The van der Waals surface area contributed by atoms with Gasteiger partial charge in [-0.2, -0.15) is 0 Å². The summed E-state index contributed by atoms with van der Waals surface area (Å²) in [5.41, 5.74) is 2.75. The van der Waals surface area contributed by atoms with Crippen LogP contribution in [-0.2, 0) is 0 Å². The molecule has 2 nitrogen and oxygen atoms in total. The van der Waals surface area contributed by atoms with Crippen molar-refractivity contribution in [2.24, 2.45) is 0 Å². The number of hydrogen-bond acceptors (Lipinski definition) is 4. The molecule has 0 aliphatic carbocycles. The highest BCUT2D eigenvalue weighted by molar-refractivity contribution is 7.26. The van der Waals surface area contributed by atoms with Crippen LogP contribution < -0.4 is 0 Å². The standard InChI is InChI=1S/C42H22N2S2/c1-2-12-29-27(7-1)22-36-37-32-21-26(15-17-34(32)46-36)24-9-5-8-23(19-24)25-10-6-11-28(20-25)40-31-16-18-35-38(30-13-3-4-14-33(30)45-35)41(31)44-42(43-40)39(29)37/h1-22H. The summed E-state index contributed by atoms with van der Waals surface area (Å²) in [4.78, 5) is 11.1. The molecule has 0 aliphatic rings. The van der Waals surface area contributed by atoms with Gasteiger partial charge in [-0.15, -0.1) is 22.7 Å². The van der Waals surface area contributed by atoms with Crippen LogP contribution in [0, 0.1) is 0 Å². The molecule has 8 bridgehead atoms. The van der Waals surface area contributed by atoms with Crippen molar-refractivity contribution in [3.8, 4) is 0 Å². The van der Waals surface area contributed by atoms with Crippen molar-refractivity contribution in [1.82, 2.24) is 9.97 Å². The molecule has 0 unspecified atom stereocenters. The molecule has 4 heteroatoms. The van der Waals surface area contributed by atoms with Gasteiger partial charge in [-0.1, -0.05) is 84.9 Å². The van der Waals surface area contributed by atoms with Gasteiger partial charge < -0.3 is 0 Å². The zero-order valence-electron chi connectivity index (χ0n) is 24.4. The van der Waals surface area contributed by atoms with Crippen molar-refractivity contribution in [3.63, 3.8) is 0 Å². The minimum atomic E-state index is 0.776. The van der Waals surface area contributed by atoms with Crippen LogP contribution in [0.25, 0.3) is 106 Å². The monoisotopic (exact) mass is 618 g/mol. The summed E-state index contributed by atoms with van der Waals surface area (Å²) in [6.45, 7) is 0. The Balaban J connectivity index is 1.52. The zero-order valence-corrected chi connectivity index (χ0v) is 26.0. The minimum Gasteiger partial charge on any atom is -0.227 e. The second-order valence-corrected chi connectivity index (χ2v) is 14.3. The van der Waals surface area contributed by atoms with Crippen LogP contribution in [0.1, 0.15) is 0 Å². The van der Waals surface area contributed by atoms with Gasteiger partial charge >= 0.3 is 0 Å². The van der Waals surface area contributed by atoms with E-state index in [0.29, 0.717) is 0 Å². The maximum absolute atomic E-state index is 5.57. The van der Waals surface area contributed by atoms with Gasteiger partial charge in [0, 0.05) is 56.5 Å². The molecule has 0 fully saturated rings. The molecule has 4 heterocycles. The molecule has 0 atom stereocenters. The highest BCUT2D eigenvalue weighted by Gasteiger charge is 2.17. The van der Waals surface area contributed by atoms with Crippen LogP contribution in [0.3, 0.4) is 0 Å². The van der Waals surface area contributed by atoms with E-state index in [1.165, 1.54) is 72.7 Å². The average Bonchev–Trinajstić information content (AvgIpc) is 3.68. The summed E-state index contributed by atoms with van der Waals surface area (Å²) in [5.74, 6) is 0. The van der Waals surface area contributed by atoms with E-state index >= 15 is 0 Å². The van der Waals surface area contributed by atoms with Gasteiger partial charge in [0.15, 0.2) is 5.65 Å². The number of rotatable bonds is 0. The first-order valence-electron chi connectivity index (χ1n) is 15.5. The molecule has 0 saturated carbocycles. The Morgan fingerprint density at radius 3 is 1.83 bits per heavy atom. The molecule has 11 rings (SSSR count). The first-order chi connectivity index (χ1) is 22.8. The van der Waals surface area contributed by atoms with Crippen LogP contribution in [0.4, 0.5) is 0 Å². The molecule has 0 radical (unpaired) electrons. The molecule has 0 spiro atoms. The van der Waals surface area contributed by atoms with Gasteiger partial charge in [0.25, 0.3) is 0 Å². The van der Waals surface area contributed by atoms with Gasteiger partial charge in [-0.3, -0.25) is 0 Å². The smallest absolute Gasteiger partial charge is 0.161 e. The molecule has 0 saturated heterocycles. The number of fused-ring (bicyclic) bond motifs is 19. The van der Waals surface area contributed by atoms with E-state index in [9.17, 15) is 0 Å². The van der Waals surface area contributed by atoms with Crippen LogP contribution in [0.15, 0.2) is 133 Å². The Hall–Kier alpha value is -5.42. The molecular weight excluding hydrogens is 597 g/mol. The van der Waals surface area contributed by atoms with E-state index in [0.717, 1.165) is 32.8 Å². The molecule has 0 N–H and O–H groups in total. The third kappa shape index (κ3) is 3.40. The van der Waals surface area contributed by atoms with Crippen LogP contribution in [0.2, 0.25) is 0 Å². The normalized spacial score (nSPS) is 12.3. The van der Waals surface area contributed by atoms with Crippen LogP contribution >= 0.6 is 22.7 Å². The summed E-state index contributed by atoms with van der Waals surface area (Å²) < 4.78 is 5.06. The van der Waals surface area contributed by atoms with Crippen LogP contribution in [0.5, 0.6) is 0 Å². The average molecular weight is 619 g/mol. The fourth-order valence-electron chi connectivity index (χ4n) is 7.47. The minimum absolute atomic E-state index is 0.776. The topological polar surface area (TPSA) is 25.8 Å². The van der Waals surface area contributed by atoms with E-state index < -0.39 is 0 Å². The summed E-state index contributed by atoms with van der Waals surface area (Å²) >= 11 is 3.69. The van der Waals surface area contributed by atoms with Crippen molar-refractivity contribution in [2.75, 3.05) is 0 Å². The lowest BCUT2D eigenvalue weighted by atomic mass is 9.99. The van der Waals surface area contributed by atoms with Gasteiger partial charge in [0.1, 0.15) is 0 Å². The Kier molecular flexibility index (Phi) is 4.90. The summed E-state index contributed by atoms with van der Waals surface area (Å²) in [5, 5.41) is 15.4. The van der Waals surface area contributed by atoms with Gasteiger partial charge in [-0.25, -0.2) is 9.97 Å². The lowest BCUT2D eigenvalue weighted by Gasteiger charge is -2.08. The quantitative estimate of drug-likeness (QED) is 0.169. The summed E-state index contributed by atoms with van der Waals surface area (Å²) in [6, 6.07) is 49.0. The maximum Gasteiger partial charge on any atom is 0.161 e. The van der Waals surface area contributed by atoms with Crippen molar-refractivity contribution < 1.29 is 0 Å². The molecule has 46 heavy (non-hydrogen) atoms. The number of aromatic nitrogens is 2. The molecule has 11 aromatic rings. The van der Waals surface area contributed by atoms with Crippen molar-refractivity contribution in [3.05, 3.63) is 133 Å². The zero-order chi connectivity index (χ0) is 29.9. The van der Waals surface area contributed by atoms with Gasteiger partial charge in [-0.05, 0) is 80.8 Å². The number of benzene rings is 7. The third-order valence-electron chi connectivity index (χ3n) is 9.58. The molecule has 7 aromatic carbocycles. The second kappa shape index (κ2) is 9.07. The van der Waals surface area contributed by atoms with Gasteiger partial charge in [0.2, 0.25) is 0 Å². The fraction of sp³-hybridized carbons (Fsp3) is 0. The first-order valence-corrected chi connectivity index (χ1v) is 17.1. The predicted molar refractivity (Wildman–Crippen MR) is 202 cm³/mol. The Bertz CT molecular complexity index is 3150. The highest BCUT2D eigenvalue weighted by atomic mass is 32.1. The molecule has 4 aromatic heterocycles. The lowest BCUT2D eigenvalue weighted by molar-refractivity contribution is 1.39.